The summed E-state index contributed by atoms with van der Waals surface area (Å²) in [6.45, 7) is 17.4. The van der Waals surface area contributed by atoms with E-state index < -0.39 is 11.4 Å². The van der Waals surface area contributed by atoms with Crippen LogP contribution in [0.25, 0.3) is 0 Å². The van der Waals surface area contributed by atoms with Gasteiger partial charge in [0.1, 0.15) is 6.61 Å². The quantitative estimate of drug-likeness (QED) is 0.173. The van der Waals surface area contributed by atoms with E-state index in [2.05, 4.69) is 39.4 Å². The van der Waals surface area contributed by atoms with E-state index in [1.54, 1.807) is 0 Å². The third kappa shape index (κ3) is 4.38. The Kier molecular flexibility index (Phi) is 7.84. The van der Waals surface area contributed by atoms with Crippen LogP contribution in [0.15, 0.2) is 17.3 Å². The molecule has 0 aromatic carbocycles. The number of carbonyl (C=O) groups excluding carboxylic acids is 2. The van der Waals surface area contributed by atoms with Crippen LogP contribution in [0.1, 0.15) is 106 Å². The smallest absolute Gasteiger partial charge is 0.331 e. The Morgan fingerprint density at radius 3 is 2.27 bits per heavy atom. The molecule has 41 heavy (non-hydrogen) atoms. The summed E-state index contributed by atoms with van der Waals surface area (Å²) in [6, 6.07) is 0. The molecule has 5 aliphatic rings. The molecule has 0 saturated heterocycles. The minimum absolute atomic E-state index is 0.0282. The van der Waals surface area contributed by atoms with E-state index in [1.807, 2.05) is 0 Å². The first-order valence-corrected chi connectivity index (χ1v) is 16.0. The predicted molar refractivity (Wildman–Crippen MR) is 158 cm³/mol. The van der Waals surface area contributed by atoms with Gasteiger partial charge in [-0.2, -0.15) is 0 Å². The third-order valence-electron chi connectivity index (χ3n) is 14.1. The van der Waals surface area contributed by atoms with Crippen molar-refractivity contribution >= 4 is 17.7 Å². The van der Waals surface area contributed by atoms with E-state index in [-0.39, 0.29) is 59.3 Å². The Bertz CT molecular complexity index is 1120. The van der Waals surface area contributed by atoms with Gasteiger partial charge in [0.15, 0.2) is 0 Å². The molecule has 0 radical (unpaired) electrons. The van der Waals surface area contributed by atoms with Crippen LogP contribution in [-0.2, 0) is 19.2 Å². The second-order valence-corrected chi connectivity index (χ2v) is 15.5. The van der Waals surface area contributed by atoms with Gasteiger partial charge in [0.05, 0.1) is 12.3 Å². The monoisotopic (exact) mass is 571 g/mol. The number of ether oxygens (including phenoxy) is 1. The second kappa shape index (κ2) is 10.5. The predicted octanol–water partition coefficient (Wildman–Crippen LogP) is 6.07. The van der Waals surface area contributed by atoms with E-state index in [0.717, 1.165) is 75.5 Å². The number of hydrogen-bond acceptors (Lipinski definition) is 7. The van der Waals surface area contributed by atoms with E-state index in [9.17, 15) is 19.8 Å². The Balaban J connectivity index is 1.52. The molecule has 7 nitrogen and oxygen atoms in total. The van der Waals surface area contributed by atoms with Gasteiger partial charge in [-0.15, -0.1) is 0 Å². The molecule has 2 N–H and O–H groups in total. The van der Waals surface area contributed by atoms with Crippen LogP contribution in [0.2, 0.25) is 0 Å². The number of hydrogen-bond donors (Lipinski definition) is 2. The number of esters is 1. The Morgan fingerprint density at radius 2 is 1.63 bits per heavy atom. The highest BCUT2D eigenvalue weighted by molar-refractivity contribution is 5.91. The molecule has 5 aliphatic carbocycles. The highest BCUT2D eigenvalue weighted by Gasteiger charge is 2.71. The first kappa shape index (κ1) is 30.7. The zero-order valence-electron chi connectivity index (χ0n) is 26.3. The minimum Gasteiger partial charge on any atom is -0.465 e. The van der Waals surface area contributed by atoms with Gasteiger partial charge in [-0.25, -0.2) is 4.79 Å². The summed E-state index contributed by atoms with van der Waals surface area (Å²) in [5.41, 5.74) is 1.52. The summed E-state index contributed by atoms with van der Waals surface area (Å²) in [5.74, 6) is 1.17. The second-order valence-electron chi connectivity index (χ2n) is 15.5. The van der Waals surface area contributed by atoms with Crippen molar-refractivity contribution in [2.24, 2.45) is 61.8 Å². The molecule has 0 aromatic rings. The number of carbonyl (C=O) groups is 2. The van der Waals surface area contributed by atoms with Crippen molar-refractivity contribution < 1.29 is 29.4 Å². The zero-order chi connectivity index (χ0) is 30.0. The Hall–Kier alpha value is -1.73. The average molecular weight is 572 g/mol. The summed E-state index contributed by atoms with van der Waals surface area (Å²) >= 11 is 0. The number of aliphatic hydroxyl groups excluding tert-OH is 2. The van der Waals surface area contributed by atoms with Crippen molar-refractivity contribution in [3.63, 3.8) is 0 Å². The van der Waals surface area contributed by atoms with E-state index in [1.165, 1.54) is 13.8 Å². The normalized spacial score (nSPS) is 47.9. The van der Waals surface area contributed by atoms with E-state index in [0.29, 0.717) is 17.8 Å². The summed E-state index contributed by atoms with van der Waals surface area (Å²) in [6.07, 6.45) is 10.3. The van der Waals surface area contributed by atoms with E-state index >= 15 is 0 Å². The number of rotatable bonds is 6. The molecule has 5 saturated carbocycles. The van der Waals surface area contributed by atoms with Crippen molar-refractivity contribution in [3.05, 3.63) is 12.2 Å². The zero-order valence-corrected chi connectivity index (χ0v) is 26.3. The van der Waals surface area contributed by atoms with Gasteiger partial charge in [0.2, 0.25) is 0 Å². The lowest BCUT2D eigenvalue weighted by molar-refractivity contribution is -0.233. The van der Waals surface area contributed by atoms with Crippen LogP contribution in [0.5, 0.6) is 0 Å². The molecule has 230 valence electrons. The van der Waals surface area contributed by atoms with Crippen LogP contribution in [0.4, 0.5) is 0 Å². The van der Waals surface area contributed by atoms with Gasteiger partial charge in [0, 0.05) is 25.9 Å². The topological polar surface area (TPSA) is 105 Å². The first-order valence-electron chi connectivity index (χ1n) is 16.0. The molecule has 0 aliphatic heterocycles. The molecule has 1 unspecified atom stereocenters. The maximum atomic E-state index is 12.0. The van der Waals surface area contributed by atoms with Gasteiger partial charge in [-0.1, -0.05) is 39.4 Å². The molecule has 0 aromatic heterocycles. The third-order valence-corrected chi connectivity index (χ3v) is 14.1. The summed E-state index contributed by atoms with van der Waals surface area (Å²) in [7, 11) is 0. The molecular formula is C34H53NO6. The van der Waals surface area contributed by atoms with Crippen molar-refractivity contribution in [2.45, 2.75) is 106 Å². The van der Waals surface area contributed by atoms with Crippen molar-refractivity contribution in [1.82, 2.24) is 0 Å². The van der Waals surface area contributed by atoms with Gasteiger partial charge < -0.3 is 19.8 Å². The lowest BCUT2D eigenvalue weighted by atomic mass is 9.32. The van der Waals surface area contributed by atoms with Crippen LogP contribution < -0.4 is 0 Å². The SMILES string of the molecule is C=C(CO)[C@@H]1CC[C@]2(CO)CC[C@]3(C)[C@H](CC[C@@H]4[C@@]5(C)CCC(=NOC(C)=O)C(C)(COC(C)=O)[C@@H]5CC[C@]43C)[C@@H]12. The molecule has 0 bridgehead atoms. The molecule has 5 fully saturated rings. The van der Waals surface area contributed by atoms with Gasteiger partial charge in [0.25, 0.3) is 0 Å². The van der Waals surface area contributed by atoms with E-state index in [4.69, 9.17) is 9.57 Å². The summed E-state index contributed by atoms with van der Waals surface area (Å²) in [5, 5.41) is 25.2. The standard InChI is InChI=1S/C34H53NO6/c1-21(18-36)24-10-15-34(19-37)17-16-32(6)25(29(24)34)8-9-27-30(4)13-12-28(35-41-23(3)39)31(5,20-40-22(2)38)26(30)11-14-33(27,32)7/h24-27,29,36-37H,1,8-20H2,2-7H3/t24-,25+,26+,27+,29+,30-,31?,32+,33+,34+/m0/s1. The number of nitrogens with zero attached hydrogens (tertiary/aromatic N) is 1. The van der Waals surface area contributed by atoms with Crippen LogP contribution in [0.3, 0.4) is 0 Å². The molecular weight excluding hydrogens is 518 g/mol. The average Bonchev–Trinajstić information content (AvgIpc) is 3.31. The molecule has 0 spiro atoms. The minimum atomic E-state index is -0.499. The van der Waals surface area contributed by atoms with Crippen LogP contribution in [-0.4, -0.2) is 47.7 Å². The number of oxime groups is 1. The van der Waals surface area contributed by atoms with Crippen molar-refractivity contribution in [1.29, 1.82) is 0 Å². The van der Waals surface area contributed by atoms with Gasteiger partial charge in [-0.3, -0.25) is 4.79 Å². The maximum absolute atomic E-state index is 12.0. The maximum Gasteiger partial charge on any atom is 0.331 e. The Labute approximate surface area is 246 Å². The van der Waals surface area contributed by atoms with Crippen LogP contribution in [0, 0.1) is 56.7 Å². The number of aliphatic hydroxyl groups is 2. The van der Waals surface area contributed by atoms with Gasteiger partial charge >= 0.3 is 11.9 Å². The van der Waals surface area contributed by atoms with Crippen molar-refractivity contribution in [2.75, 3.05) is 19.8 Å². The first-order chi connectivity index (χ1) is 19.2. The molecule has 0 amide bonds. The number of fused-ring (bicyclic) bond motifs is 7. The van der Waals surface area contributed by atoms with Crippen molar-refractivity contribution in [3.8, 4) is 0 Å². The molecule has 7 heteroatoms. The lowest BCUT2D eigenvalue weighted by Crippen LogP contribution is -2.67. The fraction of sp³-hybridized carbons (Fsp3) is 0.853. The molecule has 0 heterocycles. The molecule has 10 atom stereocenters. The fourth-order valence-electron chi connectivity index (χ4n) is 11.9. The highest BCUT2D eigenvalue weighted by atomic mass is 16.7. The van der Waals surface area contributed by atoms with Gasteiger partial charge in [-0.05, 0) is 121 Å². The molecule has 5 rings (SSSR count). The lowest BCUT2D eigenvalue weighted by Gasteiger charge is -2.72. The summed E-state index contributed by atoms with van der Waals surface area (Å²) in [4.78, 5) is 28.8. The fourth-order valence-corrected chi connectivity index (χ4v) is 11.9. The Morgan fingerprint density at radius 1 is 0.902 bits per heavy atom. The summed E-state index contributed by atoms with van der Waals surface area (Å²) < 4.78 is 5.69. The largest absolute Gasteiger partial charge is 0.465 e. The highest BCUT2D eigenvalue weighted by Crippen LogP contribution is 2.77. The van der Waals surface area contributed by atoms with Crippen LogP contribution >= 0.6 is 0 Å².